The zero-order valence-corrected chi connectivity index (χ0v) is 19.9. The average Bonchev–Trinajstić information content (AvgIpc) is 3.10. The fourth-order valence-electron chi connectivity index (χ4n) is 2.68. The van der Waals surface area contributed by atoms with E-state index in [1.54, 1.807) is 23.3 Å². The number of thiophene rings is 1. The Bertz CT molecular complexity index is 983. The quantitative estimate of drug-likeness (QED) is 0.407. The largest absolute Gasteiger partial charge is 0.444 e. The van der Waals surface area contributed by atoms with Crippen molar-refractivity contribution < 1.29 is 14.3 Å². The summed E-state index contributed by atoms with van der Waals surface area (Å²) in [6.45, 7) is 6.88. The smallest absolute Gasteiger partial charge is 0.410 e. The number of amides is 1. The van der Waals surface area contributed by atoms with Crippen LogP contribution in [0.15, 0.2) is 36.7 Å². The van der Waals surface area contributed by atoms with Crippen LogP contribution in [0.4, 0.5) is 4.79 Å². The van der Waals surface area contributed by atoms with Crippen molar-refractivity contribution in [3.05, 3.63) is 45.8 Å². The molecule has 0 aliphatic rings. The number of aromatic nitrogens is 2. The van der Waals surface area contributed by atoms with Gasteiger partial charge in [-0.3, -0.25) is 9.97 Å². The first-order valence-electron chi connectivity index (χ1n) is 9.23. The Hall–Kier alpha value is -1.78. The third-order valence-electron chi connectivity index (χ3n) is 4.03. The molecule has 29 heavy (non-hydrogen) atoms. The maximum absolute atomic E-state index is 12.5. The van der Waals surface area contributed by atoms with Gasteiger partial charge in [0.05, 0.1) is 33.9 Å². The number of carbonyl (C=O) groups is 1. The molecule has 0 N–H and O–H groups in total. The molecule has 0 atom stereocenters. The van der Waals surface area contributed by atoms with Crippen LogP contribution >= 0.6 is 33.9 Å². The number of nitrogens with zero attached hydrogens (tertiary/aromatic N) is 3. The van der Waals surface area contributed by atoms with E-state index in [1.807, 2.05) is 51.4 Å². The number of ether oxygens (including phenoxy) is 2. The zero-order valence-electron chi connectivity index (χ0n) is 16.9. The van der Waals surface area contributed by atoms with Gasteiger partial charge < -0.3 is 14.4 Å². The van der Waals surface area contributed by atoms with Gasteiger partial charge in [-0.05, 0) is 67.1 Å². The fraction of sp³-hybridized carbons (Fsp3) is 0.381. The van der Waals surface area contributed by atoms with Crippen molar-refractivity contribution in [2.75, 3.05) is 20.3 Å². The van der Waals surface area contributed by atoms with Gasteiger partial charge >= 0.3 is 6.09 Å². The molecule has 3 aromatic rings. The zero-order chi connectivity index (χ0) is 21.0. The van der Waals surface area contributed by atoms with Gasteiger partial charge in [-0.15, -0.1) is 11.3 Å². The van der Waals surface area contributed by atoms with Gasteiger partial charge in [-0.1, -0.05) is 6.07 Å². The van der Waals surface area contributed by atoms with Crippen molar-refractivity contribution in [3.8, 4) is 10.6 Å². The topological polar surface area (TPSA) is 64.5 Å². The maximum atomic E-state index is 12.5. The average molecular weight is 525 g/mol. The number of halogens is 1. The Labute approximate surface area is 188 Å². The number of carbonyl (C=O) groups excluding carboxylic acids is 1. The minimum Gasteiger partial charge on any atom is -0.444 e. The second kappa shape index (κ2) is 9.36. The number of hydrogen-bond acceptors (Lipinski definition) is 6. The summed E-state index contributed by atoms with van der Waals surface area (Å²) in [5.41, 5.74) is 2.27. The summed E-state index contributed by atoms with van der Waals surface area (Å²) in [6, 6.07) is 8.05. The lowest BCUT2D eigenvalue weighted by molar-refractivity contribution is 0.0184. The Balaban J connectivity index is 1.76. The Morgan fingerprint density at radius 3 is 2.66 bits per heavy atom. The fourth-order valence-corrected chi connectivity index (χ4v) is 4.45. The summed E-state index contributed by atoms with van der Waals surface area (Å²) in [7, 11) is 1.62. The normalized spacial score (nSPS) is 11.6. The van der Waals surface area contributed by atoms with Gasteiger partial charge in [-0.2, -0.15) is 0 Å². The van der Waals surface area contributed by atoms with Crippen LogP contribution < -0.4 is 0 Å². The van der Waals surface area contributed by atoms with E-state index in [0.29, 0.717) is 19.7 Å². The molecule has 8 heteroatoms. The molecule has 0 saturated carbocycles. The van der Waals surface area contributed by atoms with Gasteiger partial charge in [0.15, 0.2) is 0 Å². The molecular weight excluding hydrogens is 501 g/mol. The predicted octanol–water partition coefficient (Wildman–Crippen LogP) is 5.35. The highest BCUT2D eigenvalue weighted by atomic mass is 127. The van der Waals surface area contributed by atoms with Crippen LogP contribution in [0.3, 0.4) is 0 Å². The van der Waals surface area contributed by atoms with Crippen LogP contribution in [-0.2, 0) is 16.0 Å². The molecule has 0 aliphatic carbocycles. The van der Waals surface area contributed by atoms with E-state index in [-0.39, 0.29) is 6.09 Å². The number of rotatable bonds is 6. The Morgan fingerprint density at radius 1 is 1.24 bits per heavy atom. The lowest BCUT2D eigenvalue weighted by atomic mass is 10.2. The van der Waals surface area contributed by atoms with Gasteiger partial charge in [0, 0.05) is 29.6 Å². The molecule has 0 aromatic carbocycles. The number of methoxy groups -OCH3 is 1. The molecule has 6 nitrogen and oxygen atoms in total. The van der Waals surface area contributed by atoms with E-state index in [9.17, 15) is 4.79 Å². The van der Waals surface area contributed by atoms with Crippen molar-refractivity contribution in [2.24, 2.45) is 0 Å². The minimum atomic E-state index is -0.544. The second-order valence-electron chi connectivity index (χ2n) is 7.56. The lowest BCUT2D eigenvalue weighted by Gasteiger charge is -2.27. The third kappa shape index (κ3) is 5.86. The first-order chi connectivity index (χ1) is 13.8. The molecule has 3 rings (SSSR count). The predicted molar refractivity (Wildman–Crippen MR) is 124 cm³/mol. The molecule has 154 valence electrons. The van der Waals surface area contributed by atoms with Crippen LogP contribution in [-0.4, -0.2) is 46.8 Å². The van der Waals surface area contributed by atoms with E-state index in [1.165, 1.54) is 8.27 Å². The Kier molecular flexibility index (Phi) is 7.07. The highest BCUT2D eigenvalue weighted by Gasteiger charge is 2.22. The van der Waals surface area contributed by atoms with Crippen LogP contribution in [0.5, 0.6) is 0 Å². The summed E-state index contributed by atoms with van der Waals surface area (Å²) in [4.78, 5) is 24.3. The number of fused-ring (bicyclic) bond motifs is 1. The van der Waals surface area contributed by atoms with E-state index >= 15 is 0 Å². The van der Waals surface area contributed by atoms with Gasteiger partial charge in [0.2, 0.25) is 0 Å². The number of hydrogen-bond donors (Lipinski definition) is 0. The first-order valence-corrected chi connectivity index (χ1v) is 11.1. The van der Waals surface area contributed by atoms with E-state index in [0.717, 1.165) is 21.7 Å². The second-order valence-corrected chi connectivity index (χ2v) is 9.78. The molecule has 0 aliphatic heterocycles. The van der Waals surface area contributed by atoms with Crippen molar-refractivity contribution in [2.45, 2.75) is 32.9 Å². The molecule has 3 heterocycles. The van der Waals surface area contributed by atoms with Crippen molar-refractivity contribution in [3.63, 3.8) is 0 Å². The molecule has 0 radical (unpaired) electrons. The van der Waals surface area contributed by atoms with Crippen LogP contribution in [0.25, 0.3) is 20.8 Å². The van der Waals surface area contributed by atoms with Gasteiger partial charge in [-0.25, -0.2) is 4.79 Å². The molecule has 3 aromatic heterocycles. The lowest BCUT2D eigenvalue weighted by Crippen LogP contribution is -2.38. The molecule has 0 saturated heterocycles. The SMILES string of the molecule is COCCN(Cc1ccc(-c2cc3nccc(I)c3s2)nc1)C(=O)OC(C)(C)C. The highest BCUT2D eigenvalue weighted by molar-refractivity contribution is 14.1. The van der Waals surface area contributed by atoms with E-state index in [2.05, 4.69) is 38.6 Å². The van der Waals surface area contributed by atoms with Gasteiger partial charge in [0.1, 0.15) is 5.60 Å². The molecule has 0 unspecified atom stereocenters. The van der Waals surface area contributed by atoms with Gasteiger partial charge in [0.25, 0.3) is 0 Å². The van der Waals surface area contributed by atoms with Crippen molar-refractivity contribution in [1.29, 1.82) is 0 Å². The standard InChI is InChI=1S/C21H24IN3O3S/c1-21(2,3)28-20(26)25(9-10-27-4)13-14-5-6-16(24-12-14)18-11-17-19(29-18)15(22)7-8-23-17/h5-8,11-12H,9-10,13H2,1-4H3. The molecule has 0 fully saturated rings. The summed E-state index contributed by atoms with van der Waals surface area (Å²) in [5.74, 6) is 0. The Morgan fingerprint density at radius 2 is 2.03 bits per heavy atom. The highest BCUT2D eigenvalue weighted by Crippen LogP contribution is 2.34. The first kappa shape index (κ1) is 21.9. The van der Waals surface area contributed by atoms with Crippen LogP contribution in [0, 0.1) is 3.57 Å². The summed E-state index contributed by atoms with van der Waals surface area (Å²) >= 11 is 4.01. The molecular formula is C21H24IN3O3S. The van der Waals surface area contributed by atoms with Crippen molar-refractivity contribution in [1.82, 2.24) is 14.9 Å². The molecule has 0 spiro atoms. The summed E-state index contributed by atoms with van der Waals surface area (Å²) in [6.07, 6.45) is 3.27. The molecule has 0 bridgehead atoms. The van der Waals surface area contributed by atoms with Crippen LogP contribution in [0.2, 0.25) is 0 Å². The van der Waals surface area contributed by atoms with Crippen LogP contribution in [0.1, 0.15) is 26.3 Å². The van der Waals surface area contributed by atoms with Crippen molar-refractivity contribution >= 4 is 50.2 Å². The summed E-state index contributed by atoms with van der Waals surface area (Å²) < 4.78 is 13.0. The monoisotopic (exact) mass is 525 g/mol. The van der Waals surface area contributed by atoms with E-state index < -0.39 is 5.60 Å². The minimum absolute atomic E-state index is 0.358. The third-order valence-corrected chi connectivity index (χ3v) is 6.48. The summed E-state index contributed by atoms with van der Waals surface area (Å²) in [5, 5.41) is 0. The maximum Gasteiger partial charge on any atom is 0.410 e. The molecule has 1 amide bonds. The van der Waals surface area contributed by atoms with E-state index in [4.69, 9.17) is 9.47 Å². The number of pyridine rings is 2.